The number of carbonyl (C=O) groups excluding carboxylic acids is 2. The van der Waals surface area contributed by atoms with Crippen molar-refractivity contribution in [2.24, 2.45) is 0 Å². The number of amides is 2. The number of nitrogens with zero attached hydrogens (tertiary/aromatic N) is 1. The molecule has 1 saturated heterocycles. The average Bonchev–Trinajstić information content (AvgIpc) is 2.76. The van der Waals surface area contributed by atoms with E-state index >= 15 is 0 Å². The van der Waals surface area contributed by atoms with Crippen molar-refractivity contribution in [3.05, 3.63) is 0 Å². The van der Waals surface area contributed by atoms with E-state index in [2.05, 4.69) is 5.32 Å². The lowest BCUT2D eigenvalue weighted by atomic mass is 10.1. The molecule has 0 aromatic carbocycles. The maximum Gasteiger partial charge on any atom is 0.328 e. The largest absolute Gasteiger partial charge is 0.481 e. The summed E-state index contributed by atoms with van der Waals surface area (Å²) in [6.07, 6.45) is 1.38. The van der Waals surface area contributed by atoms with Gasteiger partial charge >= 0.3 is 18.0 Å². The molecule has 0 radical (unpaired) electrons. The zero-order chi connectivity index (χ0) is 14.4. The number of nitrogens with one attached hydrogen (secondary N) is 1. The molecule has 1 rings (SSSR count). The van der Waals surface area contributed by atoms with E-state index < -0.39 is 24.0 Å². The zero-order valence-corrected chi connectivity index (χ0v) is 11.2. The van der Waals surface area contributed by atoms with Crippen LogP contribution in [0.3, 0.4) is 0 Å². The summed E-state index contributed by atoms with van der Waals surface area (Å²) < 4.78 is 4.79. The van der Waals surface area contributed by atoms with Crippen LogP contribution < -0.4 is 5.32 Å². The molecule has 1 aliphatic heterocycles. The summed E-state index contributed by atoms with van der Waals surface area (Å²) in [6.45, 7) is 4.00. The molecule has 2 N–H and O–H groups in total. The van der Waals surface area contributed by atoms with Crippen LogP contribution in [0.1, 0.15) is 33.1 Å². The normalized spacial score (nSPS) is 19.9. The molecule has 0 aliphatic carbocycles. The van der Waals surface area contributed by atoms with E-state index in [9.17, 15) is 14.4 Å². The summed E-state index contributed by atoms with van der Waals surface area (Å²) in [4.78, 5) is 35.6. The van der Waals surface area contributed by atoms with Crippen molar-refractivity contribution in [3.8, 4) is 0 Å². The van der Waals surface area contributed by atoms with Crippen molar-refractivity contribution in [2.45, 2.75) is 45.2 Å². The second-order valence-electron chi connectivity index (χ2n) is 4.51. The zero-order valence-electron chi connectivity index (χ0n) is 11.2. The van der Waals surface area contributed by atoms with Gasteiger partial charge in [0.05, 0.1) is 13.0 Å². The Labute approximate surface area is 111 Å². The molecule has 0 aromatic rings. The molecule has 1 fully saturated rings. The van der Waals surface area contributed by atoms with E-state index in [1.807, 2.05) is 0 Å². The van der Waals surface area contributed by atoms with Gasteiger partial charge in [-0.05, 0) is 26.7 Å². The summed E-state index contributed by atoms with van der Waals surface area (Å²) in [5, 5.41) is 11.3. The molecule has 7 heteroatoms. The highest BCUT2D eigenvalue weighted by atomic mass is 16.5. The minimum Gasteiger partial charge on any atom is -0.481 e. The second-order valence-corrected chi connectivity index (χ2v) is 4.51. The maximum absolute atomic E-state index is 12.0. The number of esters is 1. The Morgan fingerprint density at radius 2 is 2.16 bits per heavy atom. The van der Waals surface area contributed by atoms with E-state index in [1.54, 1.807) is 6.92 Å². The van der Waals surface area contributed by atoms with E-state index in [4.69, 9.17) is 9.84 Å². The number of hydrogen-bond acceptors (Lipinski definition) is 4. The topological polar surface area (TPSA) is 95.9 Å². The Balaban J connectivity index is 2.52. The third-order valence-electron chi connectivity index (χ3n) is 3.03. The third-order valence-corrected chi connectivity index (χ3v) is 3.03. The molecule has 2 atom stereocenters. The summed E-state index contributed by atoms with van der Waals surface area (Å²) in [6, 6.07) is -1.45. The number of carboxylic acids is 1. The van der Waals surface area contributed by atoms with Gasteiger partial charge in [0.15, 0.2) is 0 Å². The molecule has 1 heterocycles. The van der Waals surface area contributed by atoms with Gasteiger partial charge in [-0.15, -0.1) is 0 Å². The van der Waals surface area contributed by atoms with Crippen LogP contribution in [0, 0.1) is 0 Å². The van der Waals surface area contributed by atoms with Crippen LogP contribution in [0.2, 0.25) is 0 Å². The Kier molecular flexibility index (Phi) is 5.59. The molecule has 1 aliphatic rings. The molecule has 19 heavy (non-hydrogen) atoms. The van der Waals surface area contributed by atoms with Gasteiger partial charge in [0, 0.05) is 12.6 Å². The van der Waals surface area contributed by atoms with Crippen LogP contribution in [0.4, 0.5) is 4.79 Å². The predicted octanol–water partition coefficient (Wildman–Crippen LogP) is 0.587. The van der Waals surface area contributed by atoms with Crippen molar-refractivity contribution in [1.29, 1.82) is 0 Å². The standard InChI is InChI=1S/C12H20N2O5/c1-3-19-11(17)8(2)13-12(18)14-6-4-5-9(14)7-10(15)16/h8-9H,3-7H2,1-2H3,(H,13,18)(H,15,16). The van der Waals surface area contributed by atoms with Crippen LogP contribution >= 0.6 is 0 Å². The maximum atomic E-state index is 12.0. The molecule has 2 unspecified atom stereocenters. The highest BCUT2D eigenvalue weighted by molar-refractivity contribution is 5.83. The summed E-state index contributed by atoms with van der Waals surface area (Å²) >= 11 is 0. The first-order valence-corrected chi connectivity index (χ1v) is 6.41. The quantitative estimate of drug-likeness (QED) is 0.714. The number of carbonyl (C=O) groups is 3. The van der Waals surface area contributed by atoms with Gasteiger partial charge in [0.1, 0.15) is 6.04 Å². The smallest absolute Gasteiger partial charge is 0.328 e. The molecule has 108 valence electrons. The minimum atomic E-state index is -0.928. The Morgan fingerprint density at radius 1 is 1.47 bits per heavy atom. The summed E-state index contributed by atoms with van der Waals surface area (Å²) in [7, 11) is 0. The van der Waals surface area contributed by atoms with Gasteiger partial charge in [-0.1, -0.05) is 0 Å². The number of carboxylic acid groups (broad SMARTS) is 1. The first kappa shape index (κ1) is 15.3. The van der Waals surface area contributed by atoms with Crippen LogP contribution in [0.5, 0.6) is 0 Å². The van der Waals surface area contributed by atoms with Gasteiger partial charge in [0.25, 0.3) is 0 Å². The number of aliphatic carboxylic acids is 1. The Bertz CT molecular complexity index is 358. The Hall–Kier alpha value is -1.79. The SMILES string of the molecule is CCOC(=O)C(C)NC(=O)N1CCCC1CC(=O)O. The van der Waals surface area contributed by atoms with E-state index in [0.29, 0.717) is 13.0 Å². The second kappa shape index (κ2) is 6.96. The molecule has 2 amide bonds. The van der Waals surface area contributed by atoms with E-state index in [0.717, 1.165) is 6.42 Å². The lowest BCUT2D eigenvalue weighted by Crippen LogP contribution is -2.49. The molecule has 0 spiro atoms. The molecule has 0 bridgehead atoms. The van der Waals surface area contributed by atoms with Crippen molar-refractivity contribution in [2.75, 3.05) is 13.2 Å². The first-order chi connectivity index (χ1) is 8.95. The third kappa shape index (κ3) is 4.42. The lowest BCUT2D eigenvalue weighted by molar-refractivity contribution is -0.145. The molecular formula is C12H20N2O5. The highest BCUT2D eigenvalue weighted by Gasteiger charge is 2.31. The van der Waals surface area contributed by atoms with Crippen LogP contribution in [0.25, 0.3) is 0 Å². The van der Waals surface area contributed by atoms with Crippen molar-refractivity contribution >= 4 is 18.0 Å². The van der Waals surface area contributed by atoms with Crippen LogP contribution in [-0.4, -0.2) is 53.2 Å². The van der Waals surface area contributed by atoms with Gasteiger partial charge < -0.3 is 20.1 Å². The first-order valence-electron chi connectivity index (χ1n) is 6.41. The van der Waals surface area contributed by atoms with Gasteiger partial charge in [-0.2, -0.15) is 0 Å². The Morgan fingerprint density at radius 3 is 2.74 bits per heavy atom. The van der Waals surface area contributed by atoms with Crippen LogP contribution in [-0.2, 0) is 14.3 Å². The fourth-order valence-electron chi connectivity index (χ4n) is 2.11. The van der Waals surface area contributed by atoms with Gasteiger partial charge in [-0.3, -0.25) is 4.79 Å². The monoisotopic (exact) mass is 272 g/mol. The minimum absolute atomic E-state index is 0.0682. The van der Waals surface area contributed by atoms with Crippen molar-refractivity contribution < 1.29 is 24.2 Å². The highest BCUT2D eigenvalue weighted by Crippen LogP contribution is 2.20. The van der Waals surface area contributed by atoms with Gasteiger partial charge in [0.2, 0.25) is 0 Å². The average molecular weight is 272 g/mol. The summed E-state index contributed by atoms with van der Waals surface area (Å²) in [5.41, 5.74) is 0. The molecule has 7 nitrogen and oxygen atoms in total. The molecule has 0 saturated carbocycles. The molecular weight excluding hydrogens is 252 g/mol. The number of rotatable bonds is 5. The van der Waals surface area contributed by atoms with Gasteiger partial charge in [-0.25, -0.2) is 9.59 Å². The summed E-state index contributed by atoms with van der Waals surface area (Å²) in [5.74, 6) is -1.42. The van der Waals surface area contributed by atoms with Crippen molar-refractivity contribution in [3.63, 3.8) is 0 Å². The predicted molar refractivity (Wildman–Crippen MR) is 66.6 cm³/mol. The van der Waals surface area contributed by atoms with Crippen LogP contribution in [0.15, 0.2) is 0 Å². The van der Waals surface area contributed by atoms with Crippen molar-refractivity contribution in [1.82, 2.24) is 10.2 Å². The fraction of sp³-hybridized carbons (Fsp3) is 0.750. The number of urea groups is 1. The van der Waals surface area contributed by atoms with E-state index in [-0.39, 0.29) is 19.1 Å². The number of likely N-dealkylation sites (tertiary alicyclic amines) is 1. The number of ether oxygens (including phenoxy) is 1. The fourth-order valence-corrected chi connectivity index (χ4v) is 2.11. The molecule has 0 aromatic heterocycles. The van der Waals surface area contributed by atoms with E-state index in [1.165, 1.54) is 11.8 Å². The number of hydrogen-bond donors (Lipinski definition) is 2. The lowest BCUT2D eigenvalue weighted by Gasteiger charge is -2.25.